The molecule has 3 aromatic heterocycles. The zero-order valence-electron chi connectivity index (χ0n) is 20.6. The van der Waals surface area contributed by atoms with Gasteiger partial charge in [0.25, 0.3) is 0 Å². The van der Waals surface area contributed by atoms with Crippen LogP contribution < -0.4 is 15.1 Å². The van der Waals surface area contributed by atoms with E-state index in [-0.39, 0.29) is 0 Å². The van der Waals surface area contributed by atoms with Gasteiger partial charge in [0, 0.05) is 70.3 Å². The molecular formula is C26H30N10O. The molecule has 2 aliphatic rings. The minimum absolute atomic E-state index is 0.508. The Hall–Kier alpha value is -4.12. The number of piperazine rings is 1. The van der Waals surface area contributed by atoms with Crippen molar-refractivity contribution in [1.29, 1.82) is 0 Å². The molecular weight excluding hydrogens is 468 g/mol. The molecule has 190 valence electrons. The fourth-order valence-corrected chi connectivity index (χ4v) is 4.69. The van der Waals surface area contributed by atoms with E-state index < -0.39 is 0 Å². The van der Waals surface area contributed by atoms with Gasteiger partial charge in [0.15, 0.2) is 0 Å². The Morgan fingerprint density at radius 2 is 1.65 bits per heavy atom. The Labute approximate surface area is 215 Å². The van der Waals surface area contributed by atoms with Crippen LogP contribution in [0.25, 0.3) is 0 Å². The molecule has 2 aliphatic heterocycles. The van der Waals surface area contributed by atoms with Gasteiger partial charge >= 0.3 is 0 Å². The third-order valence-corrected chi connectivity index (χ3v) is 6.71. The van der Waals surface area contributed by atoms with Gasteiger partial charge in [-0.1, -0.05) is 30.3 Å². The van der Waals surface area contributed by atoms with E-state index in [2.05, 4.69) is 69.4 Å². The number of anilines is 4. The molecule has 2 saturated heterocycles. The lowest BCUT2D eigenvalue weighted by molar-refractivity contribution is 0.181. The molecule has 5 heterocycles. The normalized spacial score (nSPS) is 17.8. The zero-order chi connectivity index (χ0) is 24.9. The number of nitrogens with one attached hydrogen (secondary N) is 1. The van der Waals surface area contributed by atoms with Crippen LogP contribution in [0.1, 0.15) is 17.5 Å². The van der Waals surface area contributed by atoms with Crippen molar-refractivity contribution in [3.8, 4) is 0 Å². The van der Waals surface area contributed by atoms with E-state index >= 15 is 0 Å². The zero-order valence-corrected chi connectivity index (χ0v) is 20.6. The van der Waals surface area contributed by atoms with Crippen LogP contribution in [0.4, 0.5) is 23.5 Å². The molecule has 6 rings (SSSR count). The molecule has 0 aliphatic carbocycles. The second-order valence-corrected chi connectivity index (χ2v) is 9.44. The second kappa shape index (κ2) is 10.9. The van der Waals surface area contributed by atoms with Crippen LogP contribution in [0, 0.1) is 5.92 Å². The molecule has 1 aromatic carbocycles. The third-order valence-electron chi connectivity index (χ3n) is 6.71. The van der Waals surface area contributed by atoms with Crippen LogP contribution in [0.5, 0.6) is 0 Å². The molecule has 0 bridgehead atoms. The molecule has 1 atom stereocenters. The van der Waals surface area contributed by atoms with Crippen molar-refractivity contribution in [2.24, 2.45) is 5.92 Å². The molecule has 11 heteroatoms. The van der Waals surface area contributed by atoms with Gasteiger partial charge in [-0.2, -0.15) is 10.1 Å². The lowest BCUT2D eigenvalue weighted by Crippen LogP contribution is -2.47. The van der Waals surface area contributed by atoms with E-state index in [1.54, 1.807) is 12.5 Å². The summed E-state index contributed by atoms with van der Waals surface area (Å²) in [4.78, 5) is 26.9. The molecule has 0 spiro atoms. The van der Waals surface area contributed by atoms with Crippen LogP contribution in [0.2, 0.25) is 0 Å². The molecule has 4 aromatic rings. The predicted octanol–water partition coefficient (Wildman–Crippen LogP) is 2.56. The number of rotatable bonds is 8. The van der Waals surface area contributed by atoms with Crippen molar-refractivity contribution in [2.75, 3.05) is 54.5 Å². The van der Waals surface area contributed by atoms with Gasteiger partial charge in [0.05, 0.1) is 18.5 Å². The van der Waals surface area contributed by atoms with E-state index in [0.717, 1.165) is 76.0 Å². The number of ether oxygens (including phenoxy) is 1. The maximum atomic E-state index is 5.46. The summed E-state index contributed by atoms with van der Waals surface area (Å²) in [5, 5.41) is 7.70. The molecule has 0 saturated carbocycles. The monoisotopic (exact) mass is 498 g/mol. The second-order valence-electron chi connectivity index (χ2n) is 9.44. The first-order chi connectivity index (χ1) is 18.3. The topological polar surface area (TPSA) is 110 Å². The minimum Gasteiger partial charge on any atom is -0.381 e. The molecule has 11 nitrogen and oxygen atoms in total. The molecule has 37 heavy (non-hydrogen) atoms. The fraction of sp³-hybridized carbons (Fsp3) is 0.385. The van der Waals surface area contributed by atoms with Gasteiger partial charge in [-0.15, -0.1) is 0 Å². The highest BCUT2D eigenvalue weighted by Gasteiger charge is 2.21. The summed E-state index contributed by atoms with van der Waals surface area (Å²) >= 11 is 0. The first kappa shape index (κ1) is 23.3. The standard InChI is InChI=1S/C26H30N10O/c1-2-4-20(5-3-1)12-22-13-27-25(28-14-22)34-7-9-35(10-8-34)26-30-19-29-24(33-26)32-23-15-31-36(17-23)16-21-6-11-37-18-21/h1-5,13-15,17,19,21H,6-12,16,18H2,(H,29,30,32,33). The van der Waals surface area contributed by atoms with Crippen molar-refractivity contribution in [3.05, 3.63) is 72.6 Å². The summed E-state index contributed by atoms with van der Waals surface area (Å²) in [5.74, 6) is 2.45. The Morgan fingerprint density at radius 3 is 2.41 bits per heavy atom. The average molecular weight is 499 g/mol. The number of nitrogens with zero attached hydrogens (tertiary/aromatic N) is 9. The smallest absolute Gasteiger partial charge is 0.232 e. The van der Waals surface area contributed by atoms with Gasteiger partial charge < -0.3 is 19.9 Å². The highest BCUT2D eigenvalue weighted by atomic mass is 16.5. The third kappa shape index (κ3) is 5.83. The molecule has 1 N–H and O–H groups in total. The van der Waals surface area contributed by atoms with Crippen molar-refractivity contribution >= 4 is 23.5 Å². The highest BCUT2D eigenvalue weighted by molar-refractivity contribution is 5.51. The number of benzene rings is 1. The quantitative estimate of drug-likeness (QED) is 0.389. The largest absolute Gasteiger partial charge is 0.381 e. The maximum Gasteiger partial charge on any atom is 0.232 e. The lowest BCUT2D eigenvalue weighted by Gasteiger charge is -2.34. The fourth-order valence-electron chi connectivity index (χ4n) is 4.69. The van der Waals surface area contributed by atoms with Crippen LogP contribution in [0.15, 0.2) is 61.4 Å². The minimum atomic E-state index is 0.508. The summed E-state index contributed by atoms with van der Waals surface area (Å²) in [6, 6.07) is 10.4. The van der Waals surface area contributed by atoms with Crippen LogP contribution >= 0.6 is 0 Å². The lowest BCUT2D eigenvalue weighted by atomic mass is 10.1. The van der Waals surface area contributed by atoms with Gasteiger partial charge in [-0.3, -0.25) is 4.68 Å². The van der Waals surface area contributed by atoms with Gasteiger partial charge in [-0.25, -0.2) is 19.9 Å². The summed E-state index contributed by atoms with van der Waals surface area (Å²) in [5.41, 5.74) is 3.22. The van der Waals surface area contributed by atoms with Crippen LogP contribution in [-0.4, -0.2) is 74.1 Å². The summed E-state index contributed by atoms with van der Waals surface area (Å²) in [6.07, 6.45) is 11.1. The first-order valence-electron chi connectivity index (χ1n) is 12.7. The Bertz CT molecular complexity index is 1280. The van der Waals surface area contributed by atoms with Crippen molar-refractivity contribution in [3.63, 3.8) is 0 Å². The van der Waals surface area contributed by atoms with Crippen LogP contribution in [0.3, 0.4) is 0 Å². The Morgan fingerprint density at radius 1 is 0.865 bits per heavy atom. The highest BCUT2D eigenvalue weighted by Crippen LogP contribution is 2.19. The summed E-state index contributed by atoms with van der Waals surface area (Å²) < 4.78 is 7.40. The first-order valence-corrected chi connectivity index (χ1v) is 12.7. The van der Waals surface area contributed by atoms with Gasteiger partial charge in [-0.05, 0) is 17.5 Å². The van der Waals surface area contributed by atoms with Crippen molar-refractivity contribution in [2.45, 2.75) is 19.4 Å². The van der Waals surface area contributed by atoms with Crippen LogP contribution in [-0.2, 0) is 17.7 Å². The Balaban J connectivity index is 1.03. The molecule has 2 fully saturated rings. The Kier molecular flexibility index (Phi) is 6.84. The van der Waals surface area contributed by atoms with Crippen molar-refractivity contribution < 1.29 is 4.74 Å². The predicted molar refractivity (Wildman–Crippen MR) is 140 cm³/mol. The summed E-state index contributed by atoms with van der Waals surface area (Å²) in [7, 11) is 0. The van der Waals surface area contributed by atoms with E-state index in [4.69, 9.17) is 4.74 Å². The number of hydrogen-bond acceptors (Lipinski definition) is 10. The SMILES string of the molecule is c1ccc(Cc2cnc(N3CCN(c4ncnc(Nc5cnn(CC6CCOC6)c5)n4)CC3)nc2)cc1. The van der Waals surface area contributed by atoms with E-state index in [1.807, 2.05) is 29.3 Å². The van der Waals surface area contributed by atoms with E-state index in [9.17, 15) is 0 Å². The average Bonchev–Trinajstić information content (AvgIpc) is 3.62. The van der Waals surface area contributed by atoms with Gasteiger partial charge in [0.1, 0.15) is 6.33 Å². The van der Waals surface area contributed by atoms with E-state index in [0.29, 0.717) is 17.8 Å². The van der Waals surface area contributed by atoms with Crippen molar-refractivity contribution in [1.82, 2.24) is 34.7 Å². The molecule has 0 radical (unpaired) electrons. The molecule has 0 amide bonds. The summed E-state index contributed by atoms with van der Waals surface area (Å²) in [6.45, 7) is 5.65. The number of aromatic nitrogens is 7. The maximum absolute atomic E-state index is 5.46. The number of hydrogen-bond donors (Lipinski definition) is 1. The molecule has 1 unspecified atom stereocenters. The van der Waals surface area contributed by atoms with Gasteiger partial charge in [0.2, 0.25) is 17.8 Å². The van der Waals surface area contributed by atoms with E-state index in [1.165, 1.54) is 5.56 Å².